The molecule has 1 N–H and O–H groups in total. The molecule has 2 aromatic rings. The van der Waals surface area contributed by atoms with E-state index in [1.165, 1.54) is 12.8 Å². The van der Waals surface area contributed by atoms with Gasteiger partial charge in [0.15, 0.2) is 0 Å². The highest BCUT2D eigenvalue weighted by molar-refractivity contribution is 9.10. The Kier molecular flexibility index (Phi) is 8.31. The molecule has 160 valence electrons. The summed E-state index contributed by atoms with van der Waals surface area (Å²) in [6, 6.07) is 12.4. The van der Waals surface area contributed by atoms with Crippen molar-refractivity contribution >= 4 is 33.4 Å². The third-order valence-electron chi connectivity index (χ3n) is 5.23. The zero-order chi connectivity index (χ0) is 21.3. The molecule has 1 heterocycles. The van der Waals surface area contributed by atoms with E-state index in [9.17, 15) is 9.59 Å². The molecule has 0 aromatic heterocycles. The van der Waals surface area contributed by atoms with Crippen molar-refractivity contribution in [3.8, 4) is 5.75 Å². The van der Waals surface area contributed by atoms with Gasteiger partial charge in [0.2, 0.25) is 0 Å². The molecule has 6 heteroatoms. The summed E-state index contributed by atoms with van der Waals surface area (Å²) < 4.78 is 6.56. The standard InChI is InChI=1S/C24H29BrN2O3/c1-2-3-4-7-16-30-22-13-10-19(17-21(22)25)23(28)26-20-11-8-18(9-12-20)24(29)27-14-5-6-15-27/h8-13,17H,2-7,14-16H2,1H3,(H,26,28). The van der Waals surface area contributed by atoms with Crippen LogP contribution >= 0.6 is 15.9 Å². The molecular weight excluding hydrogens is 444 g/mol. The van der Waals surface area contributed by atoms with E-state index in [-0.39, 0.29) is 11.8 Å². The zero-order valence-electron chi connectivity index (χ0n) is 17.5. The summed E-state index contributed by atoms with van der Waals surface area (Å²) in [5.41, 5.74) is 1.85. The molecule has 30 heavy (non-hydrogen) atoms. The van der Waals surface area contributed by atoms with E-state index in [2.05, 4.69) is 28.2 Å². The lowest BCUT2D eigenvalue weighted by molar-refractivity contribution is 0.0792. The second kappa shape index (κ2) is 11.2. The predicted octanol–water partition coefficient (Wildman–Crippen LogP) is 5.90. The monoisotopic (exact) mass is 472 g/mol. The van der Waals surface area contributed by atoms with E-state index in [1.54, 1.807) is 36.4 Å². The van der Waals surface area contributed by atoms with E-state index in [0.717, 1.165) is 49.0 Å². The molecule has 3 rings (SSSR count). The molecule has 2 amide bonds. The summed E-state index contributed by atoms with van der Waals surface area (Å²) >= 11 is 3.49. The molecule has 5 nitrogen and oxygen atoms in total. The molecule has 1 aliphatic rings. The number of halogens is 1. The van der Waals surface area contributed by atoms with Crippen molar-refractivity contribution < 1.29 is 14.3 Å². The number of carbonyl (C=O) groups excluding carboxylic acids is 2. The van der Waals surface area contributed by atoms with Gasteiger partial charge >= 0.3 is 0 Å². The Morgan fingerprint density at radius 3 is 2.37 bits per heavy atom. The van der Waals surface area contributed by atoms with E-state index < -0.39 is 0 Å². The van der Waals surface area contributed by atoms with Gasteiger partial charge in [0.25, 0.3) is 11.8 Å². The number of unbranched alkanes of at least 4 members (excludes halogenated alkanes) is 3. The van der Waals surface area contributed by atoms with E-state index >= 15 is 0 Å². The largest absolute Gasteiger partial charge is 0.492 e. The first-order valence-electron chi connectivity index (χ1n) is 10.7. The number of nitrogens with one attached hydrogen (secondary N) is 1. The van der Waals surface area contributed by atoms with Crippen molar-refractivity contribution in [2.24, 2.45) is 0 Å². The van der Waals surface area contributed by atoms with Gasteiger partial charge in [-0.3, -0.25) is 9.59 Å². The molecule has 2 aromatic carbocycles. The van der Waals surface area contributed by atoms with Crippen LogP contribution in [0.15, 0.2) is 46.9 Å². The first kappa shape index (κ1) is 22.3. The molecule has 1 fully saturated rings. The van der Waals surface area contributed by atoms with Crippen LogP contribution in [-0.2, 0) is 0 Å². The minimum absolute atomic E-state index is 0.0552. The Hall–Kier alpha value is -2.34. The maximum absolute atomic E-state index is 12.6. The van der Waals surface area contributed by atoms with Crippen LogP contribution < -0.4 is 10.1 Å². The summed E-state index contributed by atoms with van der Waals surface area (Å²) in [6.07, 6.45) is 6.74. The summed E-state index contributed by atoms with van der Waals surface area (Å²) in [5.74, 6) is 0.594. The number of ether oxygens (including phenoxy) is 1. The number of anilines is 1. The van der Waals surface area contributed by atoms with Crippen LogP contribution in [0.25, 0.3) is 0 Å². The van der Waals surface area contributed by atoms with Crippen molar-refractivity contribution in [1.29, 1.82) is 0 Å². The van der Waals surface area contributed by atoms with Crippen LogP contribution in [0.4, 0.5) is 5.69 Å². The zero-order valence-corrected chi connectivity index (χ0v) is 19.0. The number of benzene rings is 2. The van der Waals surface area contributed by atoms with Gasteiger partial charge in [-0.25, -0.2) is 0 Å². The van der Waals surface area contributed by atoms with E-state index in [1.807, 2.05) is 11.0 Å². The molecule has 1 saturated heterocycles. The van der Waals surface area contributed by atoms with Crippen molar-refractivity contribution in [3.63, 3.8) is 0 Å². The Balaban J connectivity index is 1.55. The fraction of sp³-hybridized carbons (Fsp3) is 0.417. The van der Waals surface area contributed by atoms with Crippen LogP contribution in [0, 0.1) is 0 Å². The third-order valence-corrected chi connectivity index (χ3v) is 5.85. The number of hydrogen-bond acceptors (Lipinski definition) is 3. The number of likely N-dealkylation sites (tertiary alicyclic amines) is 1. The number of carbonyl (C=O) groups is 2. The quantitative estimate of drug-likeness (QED) is 0.462. The van der Waals surface area contributed by atoms with Gasteiger partial charge in [-0.1, -0.05) is 26.2 Å². The molecule has 0 unspecified atom stereocenters. The van der Waals surface area contributed by atoms with Gasteiger partial charge in [-0.2, -0.15) is 0 Å². The Labute approximate surface area is 186 Å². The van der Waals surface area contributed by atoms with Gasteiger partial charge in [-0.05, 0) is 77.7 Å². The lowest BCUT2D eigenvalue weighted by Gasteiger charge is -2.15. The number of amides is 2. The Morgan fingerprint density at radius 1 is 1.00 bits per heavy atom. The molecular formula is C24H29BrN2O3. The predicted molar refractivity (Wildman–Crippen MR) is 123 cm³/mol. The second-order valence-corrected chi connectivity index (χ2v) is 8.44. The maximum atomic E-state index is 12.6. The summed E-state index contributed by atoms with van der Waals surface area (Å²) in [7, 11) is 0. The topological polar surface area (TPSA) is 58.6 Å². The molecule has 0 aliphatic carbocycles. The van der Waals surface area contributed by atoms with Crippen molar-refractivity contribution in [1.82, 2.24) is 4.90 Å². The van der Waals surface area contributed by atoms with Crippen molar-refractivity contribution in [2.45, 2.75) is 45.4 Å². The highest BCUT2D eigenvalue weighted by atomic mass is 79.9. The van der Waals surface area contributed by atoms with Crippen molar-refractivity contribution in [3.05, 3.63) is 58.1 Å². The van der Waals surface area contributed by atoms with Crippen LogP contribution in [0.2, 0.25) is 0 Å². The van der Waals surface area contributed by atoms with Gasteiger partial charge in [0.05, 0.1) is 11.1 Å². The lowest BCUT2D eigenvalue weighted by Crippen LogP contribution is -2.27. The normalized spacial score (nSPS) is 13.3. The minimum Gasteiger partial charge on any atom is -0.492 e. The van der Waals surface area contributed by atoms with Crippen LogP contribution in [0.5, 0.6) is 5.75 Å². The Bertz CT molecular complexity index is 861. The molecule has 0 saturated carbocycles. The van der Waals surface area contributed by atoms with Gasteiger partial charge in [-0.15, -0.1) is 0 Å². The number of hydrogen-bond donors (Lipinski definition) is 1. The first-order valence-corrected chi connectivity index (χ1v) is 11.5. The minimum atomic E-state index is -0.205. The SMILES string of the molecule is CCCCCCOc1ccc(C(=O)Nc2ccc(C(=O)N3CCCC3)cc2)cc1Br. The summed E-state index contributed by atoms with van der Waals surface area (Å²) in [5, 5.41) is 2.88. The smallest absolute Gasteiger partial charge is 0.255 e. The van der Waals surface area contributed by atoms with Gasteiger partial charge in [0, 0.05) is 29.9 Å². The second-order valence-electron chi connectivity index (χ2n) is 7.59. The number of nitrogens with zero attached hydrogens (tertiary/aromatic N) is 1. The summed E-state index contributed by atoms with van der Waals surface area (Å²) in [4.78, 5) is 26.9. The molecule has 0 radical (unpaired) electrons. The van der Waals surface area contributed by atoms with Gasteiger partial charge in [0.1, 0.15) is 5.75 Å². The van der Waals surface area contributed by atoms with Crippen molar-refractivity contribution in [2.75, 3.05) is 25.0 Å². The number of rotatable bonds is 9. The highest BCUT2D eigenvalue weighted by Gasteiger charge is 2.19. The third kappa shape index (κ3) is 6.08. The van der Waals surface area contributed by atoms with Crippen LogP contribution in [-0.4, -0.2) is 36.4 Å². The fourth-order valence-electron chi connectivity index (χ4n) is 3.47. The average molecular weight is 473 g/mol. The molecule has 1 aliphatic heterocycles. The molecule has 0 bridgehead atoms. The summed E-state index contributed by atoms with van der Waals surface area (Å²) in [6.45, 7) is 4.51. The fourth-order valence-corrected chi connectivity index (χ4v) is 3.97. The maximum Gasteiger partial charge on any atom is 0.255 e. The first-order chi connectivity index (χ1) is 14.6. The lowest BCUT2D eigenvalue weighted by atomic mass is 10.1. The molecule has 0 atom stereocenters. The van der Waals surface area contributed by atoms with E-state index in [4.69, 9.17) is 4.74 Å². The van der Waals surface area contributed by atoms with Crippen LogP contribution in [0.1, 0.15) is 66.2 Å². The Morgan fingerprint density at radius 2 is 1.70 bits per heavy atom. The van der Waals surface area contributed by atoms with Crippen LogP contribution in [0.3, 0.4) is 0 Å². The molecule has 0 spiro atoms. The highest BCUT2D eigenvalue weighted by Crippen LogP contribution is 2.27. The average Bonchev–Trinajstić information content (AvgIpc) is 3.29. The van der Waals surface area contributed by atoms with E-state index in [0.29, 0.717) is 23.4 Å². The van der Waals surface area contributed by atoms with Gasteiger partial charge < -0.3 is 15.0 Å².